The second-order valence-electron chi connectivity index (χ2n) is 8.73. The Bertz CT molecular complexity index is 1190. The van der Waals surface area contributed by atoms with Crippen LogP contribution in [0.3, 0.4) is 0 Å². The zero-order valence-corrected chi connectivity index (χ0v) is 19.6. The first-order valence-corrected chi connectivity index (χ1v) is 11.1. The Morgan fingerprint density at radius 2 is 2.03 bits per heavy atom. The van der Waals surface area contributed by atoms with E-state index in [0.29, 0.717) is 29.4 Å². The predicted molar refractivity (Wildman–Crippen MR) is 121 cm³/mol. The summed E-state index contributed by atoms with van der Waals surface area (Å²) >= 11 is 0. The van der Waals surface area contributed by atoms with E-state index < -0.39 is 23.0 Å². The number of hydrogen-bond donors (Lipinski definition) is 1. The molecule has 4 rings (SSSR count). The van der Waals surface area contributed by atoms with Crippen LogP contribution < -0.4 is 10.1 Å². The van der Waals surface area contributed by atoms with E-state index in [1.54, 1.807) is 19.2 Å². The molecule has 0 aliphatic heterocycles. The van der Waals surface area contributed by atoms with Gasteiger partial charge in [-0.1, -0.05) is 0 Å². The second kappa shape index (κ2) is 10.1. The zero-order chi connectivity index (χ0) is 25.2. The van der Waals surface area contributed by atoms with Crippen LogP contribution in [0, 0.1) is 35.8 Å². The Labute approximate surface area is 201 Å². The van der Waals surface area contributed by atoms with Gasteiger partial charge in [0.1, 0.15) is 23.1 Å². The van der Waals surface area contributed by atoms with Crippen LogP contribution in [0.4, 0.5) is 18.9 Å². The summed E-state index contributed by atoms with van der Waals surface area (Å²) < 4.78 is 57.9. The van der Waals surface area contributed by atoms with E-state index >= 15 is 0 Å². The van der Waals surface area contributed by atoms with Gasteiger partial charge < -0.3 is 19.5 Å². The highest BCUT2D eigenvalue weighted by molar-refractivity contribution is 5.95. The lowest BCUT2D eigenvalue weighted by Crippen LogP contribution is -2.30. The van der Waals surface area contributed by atoms with Crippen LogP contribution in [0.1, 0.15) is 24.4 Å². The van der Waals surface area contributed by atoms with Crippen LogP contribution in [0.2, 0.25) is 0 Å². The molecule has 0 bridgehead atoms. The van der Waals surface area contributed by atoms with Crippen molar-refractivity contribution in [2.75, 3.05) is 26.1 Å². The fourth-order valence-corrected chi connectivity index (χ4v) is 4.46. The summed E-state index contributed by atoms with van der Waals surface area (Å²) in [7, 11) is 2.98. The van der Waals surface area contributed by atoms with E-state index in [1.165, 1.54) is 26.4 Å². The zero-order valence-electron chi connectivity index (χ0n) is 19.6. The quantitative estimate of drug-likeness (QED) is 0.553. The number of anilines is 1. The Kier molecular flexibility index (Phi) is 7.11. The minimum Gasteiger partial charge on any atom is -0.497 e. The van der Waals surface area contributed by atoms with Crippen molar-refractivity contribution in [3.8, 4) is 5.75 Å². The maximum absolute atomic E-state index is 14.4. The lowest BCUT2D eigenvalue weighted by atomic mass is 9.81. The first kappa shape index (κ1) is 24.7. The molecule has 10 heteroatoms. The highest BCUT2D eigenvalue weighted by atomic mass is 19.2. The molecule has 0 spiro atoms. The molecule has 186 valence electrons. The average Bonchev–Trinajstić information content (AvgIpc) is 3.57. The Hall–Kier alpha value is -3.40. The molecule has 1 fully saturated rings. The monoisotopic (exact) mass is 489 g/mol. The highest BCUT2D eigenvalue weighted by Crippen LogP contribution is 2.61. The maximum atomic E-state index is 14.4. The van der Waals surface area contributed by atoms with Crippen molar-refractivity contribution in [1.82, 2.24) is 9.97 Å². The number of rotatable bonds is 9. The van der Waals surface area contributed by atoms with E-state index in [4.69, 9.17) is 14.2 Å². The van der Waals surface area contributed by atoms with Gasteiger partial charge in [0.25, 0.3) is 0 Å². The van der Waals surface area contributed by atoms with Crippen LogP contribution in [0.25, 0.3) is 0 Å². The molecule has 3 atom stereocenters. The number of methoxy groups -OCH3 is 2. The van der Waals surface area contributed by atoms with Crippen LogP contribution in [0.15, 0.2) is 48.1 Å². The molecule has 2 aromatic rings. The SMILES string of the molecule is COCc1nc(C)ncc1OC[C@@]1(C2C=C(OC)C=C(F)C2)C[C@H]1C(=O)Nc1ccc(F)c(F)c1. The molecule has 1 unspecified atom stereocenters. The molecule has 1 aromatic carbocycles. The minimum atomic E-state index is -1.06. The van der Waals surface area contributed by atoms with Crippen LogP contribution in [0.5, 0.6) is 5.75 Å². The lowest BCUT2D eigenvalue weighted by Gasteiger charge is -2.28. The number of nitrogens with zero attached hydrogens (tertiary/aromatic N) is 2. The molecule has 7 nitrogen and oxygen atoms in total. The number of aromatic nitrogens is 2. The van der Waals surface area contributed by atoms with Gasteiger partial charge in [-0.05, 0) is 37.5 Å². The number of amides is 1. The number of aryl methyl sites for hydroxylation is 1. The minimum absolute atomic E-state index is 0.0808. The first-order valence-electron chi connectivity index (χ1n) is 11.1. The van der Waals surface area contributed by atoms with Gasteiger partial charge >= 0.3 is 0 Å². The van der Waals surface area contributed by atoms with E-state index in [9.17, 15) is 18.0 Å². The van der Waals surface area contributed by atoms with Gasteiger partial charge in [-0.3, -0.25) is 4.79 Å². The Balaban J connectivity index is 1.58. The van der Waals surface area contributed by atoms with Crippen molar-refractivity contribution in [3.63, 3.8) is 0 Å². The molecule has 1 amide bonds. The largest absolute Gasteiger partial charge is 0.497 e. The molecule has 1 saturated carbocycles. The average molecular weight is 489 g/mol. The molecule has 1 aromatic heterocycles. The third-order valence-corrected chi connectivity index (χ3v) is 6.40. The van der Waals surface area contributed by atoms with E-state index in [2.05, 4.69) is 15.3 Å². The van der Waals surface area contributed by atoms with Gasteiger partial charge in [-0.15, -0.1) is 0 Å². The third-order valence-electron chi connectivity index (χ3n) is 6.40. The summed E-state index contributed by atoms with van der Waals surface area (Å²) in [4.78, 5) is 21.6. The van der Waals surface area contributed by atoms with Crippen LogP contribution in [-0.2, 0) is 20.9 Å². The number of carbonyl (C=O) groups excluding carboxylic acids is 1. The van der Waals surface area contributed by atoms with Gasteiger partial charge in [-0.2, -0.15) is 0 Å². The molecule has 1 heterocycles. The fourth-order valence-electron chi connectivity index (χ4n) is 4.46. The Morgan fingerprint density at radius 3 is 2.74 bits per heavy atom. The summed E-state index contributed by atoms with van der Waals surface area (Å²) in [5.74, 6) is -2.44. The van der Waals surface area contributed by atoms with Crippen molar-refractivity contribution in [1.29, 1.82) is 0 Å². The molecular weight excluding hydrogens is 463 g/mol. The topological polar surface area (TPSA) is 82.6 Å². The van der Waals surface area contributed by atoms with Crippen LogP contribution >= 0.6 is 0 Å². The first-order chi connectivity index (χ1) is 16.8. The van der Waals surface area contributed by atoms with Crippen molar-refractivity contribution in [2.45, 2.75) is 26.4 Å². The number of hydrogen-bond acceptors (Lipinski definition) is 6. The summed E-state index contributed by atoms with van der Waals surface area (Å²) in [6.07, 6.45) is 5.13. The summed E-state index contributed by atoms with van der Waals surface area (Å²) in [5.41, 5.74) is -0.0676. The smallest absolute Gasteiger partial charge is 0.228 e. The standard InChI is InChI=1S/C25H26F3N3O4/c1-14-29-11-23(22(30-14)12-33-2)35-13-25(15-6-16(26)8-18(7-15)34-3)10-19(25)24(32)31-17-4-5-20(27)21(28)9-17/h4-5,7-9,11,15,19H,6,10,12-13H2,1-3H3,(H,31,32)/t15?,19-,25+/m0/s1. The Morgan fingerprint density at radius 1 is 1.23 bits per heavy atom. The van der Waals surface area contributed by atoms with Gasteiger partial charge in [0.05, 0.1) is 26.5 Å². The summed E-state index contributed by atoms with van der Waals surface area (Å²) in [5, 5.41) is 2.63. The van der Waals surface area contributed by atoms with Crippen molar-refractivity contribution in [2.24, 2.45) is 17.3 Å². The molecule has 35 heavy (non-hydrogen) atoms. The molecular formula is C25H26F3N3O4. The normalized spacial score (nSPS) is 23.3. The van der Waals surface area contributed by atoms with Crippen molar-refractivity contribution < 1.29 is 32.2 Å². The summed E-state index contributed by atoms with van der Waals surface area (Å²) in [6, 6.07) is 3.14. The lowest BCUT2D eigenvalue weighted by molar-refractivity contribution is -0.118. The summed E-state index contributed by atoms with van der Waals surface area (Å²) in [6.45, 7) is 2.04. The number of ether oxygens (including phenoxy) is 3. The van der Waals surface area contributed by atoms with Gasteiger partial charge in [0, 0.05) is 42.7 Å². The fraction of sp³-hybridized carbons (Fsp3) is 0.400. The highest BCUT2D eigenvalue weighted by Gasteiger charge is 2.63. The van der Waals surface area contributed by atoms with Gasteiger partial charge in [-0.25, -0.2) is 23.1 Å². The van der Waals surface area contributed by atoms with E-state index in [-0.39, 0.29) is 43.0 Å². The second-order valence-corrected chi connectivity index (χ2v) is 8.73. The van der Waals surface area contributed by atoms with Crippen LogP contribution in [-0.4, -0.2) is 36.7 Å². The number of allylic oxidation sites excluding steroid dienone is 3. The molecule has 0 saturated heterocycles. The number of benzene rings is 1. The number of halogens is 3. The maximum Gasteiger partial charge on any atom is 0.228 e. The van der Waals surface area contributed by atoms with Gasteiger partial charge in [0.15, 0.2) is 17.4 Å². The predicted octanol–water partition coefficient (Wildman–Crippen LogP) is 4.64. The number of carbonyl (C=O) groups is 1. The molecule has 2 aliphatic rings. The number of nitrogens with one attached hydrogen (secondary N) is 1. The molecule has 1 N–H and O–H groups in total. The molecule has 2 aliphatic carbocycles. The third kappa shape index (κ3) is 5.32. The molecule has 0 radical (unpaired) electrons. The van der Waals surface area contributed by atoms with Crippen molar-refractivity contribution >= 4 is 11.6 Å². The van der Waals surface area contributed by atoms with Crippen molar-refractivity contribution in [3.05, 3.63) is 71.3 Å². The van der Waals surface area contributed by atoms with Gasteiger partial charge in [0.2, 0.25) is 5.91 Å². The van der Waals surface area contributed by atoms with E-state index in [1.807, 2.05) is 0 Å². The van der Waals surface area contributed by atoms with E-state index in [0.717, 1.165) is 12.1 Å².